The van der Waals surface area contributed by atoms with Gasteiger partial charge in [0.05, 0.1) is 16.5 Å². The van der Waals surface area contributed by atoms with Gasteiger partial charge in [-0.15, -0.1) is 6.42 Å². The molecule has 0 saturated heterocycles. The Balaban J connectivity index is 3.23. The molecule has 1 unspecified atom stereocenters. The Kier molecular flexibility index (Phi) is 5.31. The summed E-state index contributed by atoms with van der Waals surface area (Å²) in [5.74, 6) is 1.18. The highest BCUT2D eigenvalue weighted by atomic mass is 32.2. The minimum Gasteiger partial charge on any atom is -0.478 e. The summed E-state index contributed by atoms with van der Waals surface area (Å²) < 4.78 is 26.6. The molecule has 0 heterocycles. The van der Waals surface area contributed by atoms with Crippen molar-refractivity contribution in [2.75, 3.05) is 0 Å². The molecule has 0 saturated carbocycles. The zero-order chi connectivity index (χ0) is 15.3. The number of benzene rings is 1. The lowest BCUT2D eigenvalue weighted by Gasteiger charge is -2.13. The largest absolute Gasteiger partial charge is 0.478 e. The lowest BCUT2D eigenvalue weighted by molar-refractivity contribution is 0.0695. The fraction of sp³-hybridized carbons (Fsp3) is 0.357. The molecule has 20 heavy (non-hydrogen) atoms. The summed E-state index contributed by atoms with van der Waals surface area (Å²) >= 11 is 0. The van der Waals surface area contributed by atoms with Crippen LogP contribution in [0.1, 0.15) is 36.2 Å². The third-order valence-corrected chi connectivity index (χ3v) is 4.38. The Labute approximate surface area is 119 Å². The van der Waals surface area contributed by atoms with Gasteiger partial charge in [-0.25, -0.2) is 13.2 Å². The van der Waals surface area contributed by atoms with E-state index in [1.54, 1.807) is 13.8 Å². The molecule has 1 aromatic carbocycles. The zero-order valence-corrected chi connectivity index (χ0v) is 12.2. The van der Waals surface area contributed by atoms with E-state index in [0.29, 0.717) is 18.4 Å². The van der Waals surface area contributed by atoms with Crippen LogP contribution in [0, 0.1) is 12.3 Å². The Morgan fingerprint density at radius 1 is 1.45 bits per heavy atom. The molecule has 0 aliphatic rings. The van der Waals surface area contributed by atoms with Crippen LogP contribution in [0.2, 0.25) is 0 Å². The first-order valence-corrected chi connectivity index (χ1v) is 7.68. The second-order valence-electron chi connectivity index (χ2n) is 4.23. The van der Waals surface area contributed by atoms with Gasteiger partial charge >= 0.3 is 5.97 Å². The molecule has 1 atom stereocenters. The highest BCUT2D eigenvalue weighted by Crippen LogP contribution is 2.17. The van der Waals surface area contributed by atoms with Gasteiger partial charge in [-0.3, -0.25) is 0 Å². The van der Waals surface area contributed by atoms with Crippen molar-refractivity contribution in [3.05, 3.63) is 29.3 Å². The number of sulfonamides is 1. The van der Waals surface area contributed by atoms with E-state index in [0.717, 1.165) is 6.07 Å². The summed E-state index contributed by atoms with van der Waals surface area (Å²) in [5.41, 5.74) is 0.574. The molecule has 2 N–H and O–H groups in total. The van der Waals surface area contributed by atoms with Crippen molar-refractivity contribution in [3.63, 3.8) is 0 Å². The van der Waals surface area contributed by atoms with Gasteiger partial charge in [-0.1, -0.05) is 25.8 Å². The predicted molar refractivity (Wildman–Crippen MR) is 76.0 cm³/mol. The van der Waals surface area contributed by atoms with Crippen molar-refractivity contribution < 1.29 is 18.3 Å². The van der Waals surface area contributed by atoms with E-state index in [9.17, 15) is 13.2 Å². The van der Waals surface area contributed by atoms with Crippen LogP contribution in [-0.4, -0.2) is 25.5 Å². The molecule has 0 fully saturated rings. The van der Waals surface area contributed by atoms with Crippen LogP contribution >= 0.6 is 0 Å². The number of hydrogen-bond donors (Lipinski definition) is 2. The average molecular weight is 295 g/mol. The van der Waals surface area contributed by atoms with Gasteiger partial charge < -0.3 is 5.11 Å². The predicted octanol–water partition coefficient (Wildman–Crippen LogP) is 1.64. The third-order valence-electron chi connectivity index (χ3n) is 2.91. The van der Waals surface area contributed by atoms with Crippen LogP contribution in [0.4, 0.5) is 0 Å². The molecule has 108 valence electrons. The Morgan fingerprint density at radius 2 is 2.10 bits per heavy atom. The Bertz CT molecular complexity index is 644. The maximum absolute atomic E-state index is 12.1. The number of carboxylic acids is 1. The van der Waals surface area contributed by atoms with Crippen LogP contribution in [0.3, 0.4) is 0 Å². The number of rotatable bonds is 6. The number of terminal acetylenes is 1. The van der Waals surface area contributed by atoms with Gasteiger partial charge in [0.15, 0.2) is 0 Å². The van der Waals surface area contributed by atoms with Crippen molar-refractivity contribution in [1.82, 2.24) is 4.72 Å². The topological polar surface area (TPSA) is 83.5 Å². The normalized spacial score (nSPS) is 12.7. The van der Waals surface area contributed by atoms with Crippen molar-refractivity contribution in [2.45, 2.75) is 37.6 Å². The maximum atomic E-state index is 12.1. The van der Waals surface area contributed by atoms with Crippen molar-refractivity contribution in [3.8, 4) is 12.3 Å². The van der Waals surface area contributed by atoms with E-state index in [1.807, 2.05) is 0 Å². The first-order valence-electron chi connectivity index (χ1n) is 6.20. The molecular weight excluding hydrogens is 278 g/mol. The lowest BCUT2D eigenvalue weighted by Crippen LogP contribution is -2.33. The second-order valence-corrected chi connectivity index (χ2v) is 5.94. The summed E-state index contributed by atoms with van der Waals surface area (Å²) in [7, 11) is -3.82. The summed E-state index contributed by atoms with van der Waals surface area (Å²) in [6.07, 6.45) is 6.19. The van der Waals surface area contributed by atoms with Crippen LogP contribution in [0.25, 0.3) is 0 Å². The summed E-state index contributed by atoms with van der Waals surface area (Å²) in [6.45, 7) is 3.57. The van der Waals surface area contributed by atoms with E-state index in [2.05, 4.69) is 10.6 Å². The van der Waals surface area contributed by atoms with Gasteiger partial charge in [-0.2, -0.15) is 4.72 Å². The molecule has 5 nitrogen and oxygen atoms in total. The van der Waals surface area contributed by atoms with Crippen molar-refractivity contribution >= 4 is 16.0 Å². The smallest absolute Gasteiger partial charge is 0.336 e. The quantitative estimate of drug-likeness (QED) is 0.781. The molecule has 0 radical (unpaired) electrons. The average Bonchev–Trinajstić information content (AvgIpc) is 2.43. The molecule has 0 aliphatic carbocycles. The minimum absolute atomic E-state index is 0.0101. The molecule has 1 aromatic rings. The molecule has 1 rings (SSSR count). The van der Waals surface area contributed by atoms with Crippen LogP contribution in [0.5, 0.6) is 0 Å². The number of hydrogen-bond acceptors (Lipinski definition) is 3. The van der Waals surface area contributed by atoms with E-state index >= 15 is 0 Å². The van der Waals surface area contributed by atoms with Crippen molar-refractivity contribution in [2.24, 2.45) is 0 Å². The molecular formula is C14H17NO4S. The Hall–Kier alpha value is -1.84. The van der Waals surface area contributed by atoms with E-state index < -0.39 is 22.0 Å². The number of aryl methyl sites for hydroxylation is 1. The van der Waals surface area contributed by atoms with E-state index in [1.165, 1.54) is 12.1 Å². The molecule has 6 heteroatoms. The minimum atomic E-state index is -3.82. The monoisotopic (exact) mass is 295 g/mol. The molecule has 0 aliphatic heterocycles. The van der Waals surface area contributed by atoms with Crippen LogP contribution in [-0.2, 0) is 16.4 Å². The molecule has 0 spiro atoms. The summed E-state index contributed by atoms with van der Waals surface area (Å²) in [5, 5.41) is 9.11. The van der Waals surface area contributed by atoms with Crippen molar-refractivity contribution in [1.29, 1.82) is 0 Å². The molecule has 0 bridgehead atoms. The van der Waals surface area contributed by atoms with Gasteiger partial charge in [0.25, 0.3) is 0 Å². The van der Waals surface area contributed by atoms with E-state index in [-0.39, 0.29) is 10.5 Å². The number of carbonyl (C=O) groups is 1. The van der Waals surface area contributed by atoms with Gasteiger partial charge in [0.2, 0.25) is 10.0 Å². The van der Waals surface area contributed by atoms with Gasteiger partial charge in [0.1, 0.15) is 0 Å². The first-order chi connectivity index (χ1) is 9.35. The Morgan fingerprint density at radius 3 is 2.55 bits per heavy atom. The van der Waals surface area contributed by atoms with Crippen LogP contribution < -0.4 is 4.72 Å². The first kappa shape index (κ1) is 16.2. The fourth-order valence-corrected chi connectivity index (χ4v) is 2.99. The number of carboxylic acid groups (broad SMARTS) is 1. The summed E-state index contributed by atoms with van der Waals surface area (Å²) in [6, 6.07) is 3.44. The third kappa shape index (κ3) is 3.59. The maximum Gasteiger partial charge on any atom is 0.336 e. The number of nitrogens with one attached hydrogen (secondary N) is 1. The lowest BCUT2D eigenvalue weighted by atomic mass is 10.1. The van der Waals surface area contributed by atoms with Gasteiger partial charge in [0, 0.05) is 0 Å². The molecule has 0 aromatic heterocycles. The molecule has 0 amide bonds. The number of aromatic carboxylic acids is 1. The highest BCUT2D eigenvalue weighted by molar-refractivity contribution is 7.89. The fourth-order valence-electron chi connectivity index (χ4n) is 1.72. The zero-order valence-electron chi connectivity index (χ0n) is 11.4. The van der Waals surface area contributed by atoms with Gasteiger partial charge in [-0.05, 0) is 30.5 Å². The standard InChI is InChI=1S/C14H17NO4S/c1-4-10-7-8-12(9-13(10)14(16)17)20(18,19)15-11(5-2)6-3/h2,7-9,11,15H,4,6H2,1,3H3,(H,16,17). The van der Waals surface area contributed by atoms with E-state index in [4.69, 9.17) is 11.5 Å². The SMILES string of the molecule is C#CC(CC)NS(=O)(=O)c1ccc(CC)c(C(=O)O)c1. The second kappa shape index (κ2) is 6.55. The highest BCUT2D eigenvalue weighted by Gasteiger charge is 2.20. The summed E-state index contributed by atoms with van der Waals surface area (Å²) in [4.78, 5) is 11.1. The van der Waals surface area contributed by atoms with Crippen LogP contribution in [0.15, 0.2) is 23.1 Å².